The van der Waals surface area contributed by atoms with Gasteiger partial charge in [-0.2, -0.15) is 0 Å². The summed E-state index contributed by atoms with van der Waals surface area (Å²) in [6.07, 6.45) is 3.93. The molecule has 0 aliphatic carbocycles. The summed E-state index contributed by atoms with van der Waals surface area (Å²) in [5.41, 5.74) is 2.37. The van der Waals surface area contributed by atoms with Crippen molar-refractivity contribution in [2.75, 3.05) is 19.0 Å². The molecule has 0 unspecified atom stereocenters. The zero-order valence-electron chi connectivity index (χ0n) is 9.53. The molecule has 4 nitrogen and oxygen atoms in total. The Morgan fingerprint density at radius 3 is 2.94 bits per heavy atom. The van der Waals surface area contributed by atoms with Crippen molar-refractivity contribution in [3.63, 3.8) is 0 Å². The summed E-state index contributed by atoms with van der Waals surface area (Å²) in [5, 5.41) is 6.51. The fraction of sp³-hybridized carbons (Fsp3) is 0.364. The topological polar surface area (TPSA) is 44.0 Å². The van der Waals surface area contributed by atoms with Gasteiger partial charge >= 0.3 is 0 Å². The average Bonchev–Trinajstić information content (AvgIpc) is 2.87. The third-order valence-electron chi connectivity index (χ3n) is 2.22. The van der Waals surface area contributed by atoms with Gasteiger partial charge in [-0.05, 0) is 11.6 Å². The second kappa shape index (κ2) is 5.14. The van der Waals surface area contributed by atoms with Gasteiger partial charge in [0.1, 0.15) is 0 Å². The van der Waals surface area contributed by atoms with Gasteiger partial charge in [0.15, 0.2) is 5.13 Å². The van der Waals surface area contributed by atoms with E-state index in [4.69, 9.17) is 0 Å². The van der Waals surface area contributed by atoms with Crippen LogP contribution in [-0.4, -0.2) is 24.1 Å². The molecule has 2 aromatic rings. The Balaban J connectivity index is 1.81. The van der Waals surface area contributed by atoms with Crippen LogP contribution in [0.15, 0.2) is 23.8 Å². The van der Waals surface area contributed by atoms with Crippen LogP contribution in [0.3, 0.4) is 0 Å². The van der Waals surface area contributed by atoms with Crippen molar-refractivity contribution >= 4 is 16.5 Å². The molecule has 16 heavy (non-hydrogen) atoms. The minimum absolute atomic E-state index is 0.815. The molecule has 0 radical (unpaired) electrons. The van der Waals surface area contributed by atoms with Crippen LogP contribution in [0, 0.1) is 0 Å². The van der Waals surface area contributed by atoms with Crippen molar-refractivity contribution in [1.82, 2.24) is 15.3 Å². The predicted octanol–water partition coefficient (Wildman–Crippen LogP) is 1.83. The summed E-state index contributed by atoms with van der Waals surface area (Å²) in [4.78, 5) is 9.57. The highest BCUT2D eigenvalue weighted by Gasteiger charge is 2.02. The Labute approximate surface area is 99.3 Å². The SMILES string of the molecule is CN(C)c1nc(CNCc2cc[nH]c2)cs1. The van der Waals surface area contributed by atoms with E-state index in [0.717, 1.165) is 23.9 Å². The van der Waals surface area contributed by atoms with Gasteiger partial charge in [0.05, 0.1) is 5.69 Å². The van der Waals surface area contributed by atoms with Crippen LogP contribution in [0.1, 0.15) is 11.3 Å². The molecule has 2 rings (SSSR count). The van der Waals surface area contributed by atoms with Crippen molar-refractivity contribution in [1.29, 1.82) is 0 Å². The van der Waals surface area contributed by atoms with E-state index in [1.165, 1.54) is 5.56 Å². The van der Waals surface area contributed by atoms with Crippen molar-refractivity contribution in [3.05, 3.63) is 35.1 Å². The maximum atomic E-state index is 4.50. The van der Waals surface area contributed by atoms with Gasteiger partial charge in [0, 0.05) is 45.0 Å². The summed E-state index contributed by atoms with van der Waals surface area (Å²) in [6, 6.07) is 2.07. The molecule has 0 atom stereocenters. The zero-order chi connectivity index (χ0) is 11.4. The lowest BCUT2D eigenvalue weighted by atomic mass is 10.3. The molecule has 2 N–H and O–H groups in total. The van der Waals surface area contributed by atoms with Gasteiger partial charge in [0.2, 0.25) is 0 Å². The third-order valence-corrected chi connectivity index (χ3v) is 3.28. The fourth-order valence-corrected chi connectivity index (χ4v) is 2.14. The number of H-pyrrole nitrogens is 1. The van der Waals surface area contributed by atoms with E-state index in [9.17, 15) is 0 Å². The van der Waals surface area contributed by atoms with Crippen molar-refractivity contribution in [2.45, 2.75) is 13.1 Å². The van der Waals surface area contributed by atoms with Crippen LogP contribution in [0.25, 0.3) is 0 Å². The largest absolute Gasteiger partial charge is 0.367 e. The Hall–Kier alpha value is -1.33. The normalized spacial score (nSPS) is 10.6. The molecule has 0 aliphatic rings. The molecule has 0 saturated heterocycles. The molecule has 0 saturated carbocycles. The predicted molar refractivity (Wildman–Crippen MR) is 67.8 cm³/mol. The molecule has 0 aliphatic heterocycles. The minimum atomic E-state index is 0.815. The molecule has 0 fully saturated rings. The summed E-state index contributed by atoms with van der Waals surface area (Å²) in [7, 11) is 4.02. The second-order valence-electron chi connectivity index (χ2n) is 3.84. The van der Waals surface area contributed by atoms with Gasteiger partial charge in [-0.1, -0.05) is 0 Å². The number of anilines is 1. The summed E-state index contributed by atoms with van der Waals surface area (Å²) < 4.78 is 0. The Kier molecular flexibility index (Phi) is 3.58. The van der Waals surface area contributed by atoms with E-state index in [0.29, 0.717) is 0 Å². The first kappa shape index (κ1) is 11.2. The molecular weight excluding hydrogens is 220 g/mol. The number of thiazole rings is 1. The first-order valence-corrected chi connectivity index (χ1v) is 6.08. The fourth-order valence-electron chi connectivity index (χ4n) is 1.39. The number of aromatic nitrogens is 2. The first-order chi connectivity index (χ1) is 7.75. The lowest BCUT2D eigenvalue weighted by molar-refractivity contribution is 0.683. The average molecular weight is 236 g/mol. The molecule has 2 aromatic heterocycles. The molecule has 0 aromatic carbocycles. The van der Waals surface area contributed by atoms with Gasteiger partial charge in [0.25, 0.3) is 0 Å². The highest BCUT2D eigenvalue weighted by molar-refractivity contribution is 7.13. The Bertz CT molecular complexity index is 419. The van der Waals surface area contributed by atoms with Crippen LogP contribution >= 0.6 is 11.3 Å². The minimum Gasteiger partial charge on any atom is -0.367 e. The van der Waals surface area contributed by atoms with Crippen LogP contribution in [0.5, 0.6) is 0 Å². The quantitative estimate of drug-likeness (QED) is 0.832. The number of nitrogens with one attached hydrogen (secondary N) is 2. The molecule has 2 heterocycles. The summed E-state index contributed by atoms with van der Waals surface area (Å²) >= 11 is 1.67. The Morgan fingerprint density at radius 1 is 1.44 bits per heavy atom. The summed E-state index contributed by atoms with van der Waals surface area (Å²) in [5.74, 6) is 0. The highest BCUT2D eigenvalue weighted by Crippen LogP contribution is 2.17. The second-order valence-corrected chi connectivity index (χ2v) is 4.68. The lowest BCUT2D eigenvalue weighted by Crippen LogP contribution is -2.13. The molecule has 5 heteroatoms. The van der Waals surface area contributed by atoms with Gasteiger partial charge in [-0.3, -0.25) is 0 Å². The van der Waals surface area contributed by atoms with E-state index < -0.39 is 0 Å². The number of rotatable bonds is 5. The van der Waals surface area contributed by atoms with Crippen molar-refractivity contribution < 1.29 is 0 Å². The van der Waals surface area contributed by atoms with Crippen LogP contribution in [0.4, 0.5) is 5.13 Å². The standard InChI is InChI=1S/C11H16N4S/c1-15(2)11-14-10(8-16-11)7-13-6-9-3-4-12-5-9/h3-5,8,12-13H,6-7H2,1-2H3. The number of aromatic amines is 1. The molecule has 0 bridgehead atoms. The maximum Gasteiger partial charge on any atom is 0.185 e. The third kappa shape index (κ3) is 2.84. The number of nitrogens with zero attached hydrogens (tertiary/aromatic N) is 2. The number of hydrogen-bond donors (Lipinski definition) is 2. The van der Waals surface area contributed by atoms with E-state index in [-0.39, 0.29) is 0 Å². The molecule has 86 valence electrons. The van der Waals surface area contributed by atoms with Crippen molar-refractivity contribution in [2.24, 2.45) is 0 Å². The van der Waals surface area contributed by atoms with E-state index >= 15 is 0 Å². The monoisotopic (exact) mass is 236 g/mol. The van der Waals surface area contributed by atoms with E-state index in [1.807, 2.05) is 31.4 Å². The van der Waals surface area contributed by atoms with Crippen LogP contribution in [-0.2, 0) is 13.1 Å². The van der Waals surface area contributed by atoms with Crippen molar-refractivity contribution in [3.8, 4) is 0 Å². The van der Waals surface area contributed by atoms with Gasteiger partial charge < -0.3 is 15.2 Å². The lowest BCUT2D eigenvalue weighted by Gasteiger charge is -2.05. The highest BCUT2D eigenvalue weighted by atomic mass is 32.1. The molecule has 0 amide bonds. The van der Waals surface area contributed by atoms with Gasteiger partial charge in [-0.25, -0.2) is 4.98 Å². The van der Waals surface area contributed by atoms with E-state index in [2.05, 4.69) is 26.7 Å². The summed E-state index contributed by atoms with van der Waals surface area (Å²) in [6.45, 7) is 1.69. The number of hydrogen-bond acceptors (Lipinski definition) is 4. The smallest absolute Gasteiger partial charge is 0.185 e. The van der Waals surface area contributed by atoms with E-state index in [1.54, 1.807) is 11.3 Å². The molecule has 0 spiro atoms. The van der Waals surface area contributed by atoms with Crippen LogP contribution in [0.2, 0.25) is 0 Å². The maximum absolute atomic E-state index is 4.50. The Morgan fingerprint density at radius 2 is 2.31 bits per heavy atom. The molecular formula is C11H16N4S. The first-order valence-electron chi connectivity index (χ1n) is 5.20. The van der Waals surface area contributed by atoms with Gasteiger partial charge in [-0.15, -0.1) is 11.3 Å². The zero-order valence-corrected chi connectivity index (χ0v) is 10.3. The van der Waals surface area contributed by atoms with Crippen LogP contribution < -0.4 is 10.2 Å².